The summed E-state index contributed by atoms with van der Waals surface area (Å²) in [5.41, 5.74) is 1.23. The highest BCUT2D eigenvalue weighted by Gasteiger charge is 2.24. The Morgan fingerprint density at radius 2 is 2.15 bits per heavy atom. The minimum atomic E-state index is -0.160. The Morgan fingerprint density at radius 1 is 1.38 bits per heavy atom. The molecule has 2 aliphatic rings. The molecule has 72 valence electrons. The van der Waals surface area contributed by atoms with Crippen molar-refractivity contribution in [2.24, 2.45) is 0 Å². The molecule has 0 amide bonds. The van der Waals surface area contributed by atoms with E-state index in [1.807, 2.05) is 19.1 Å². The summed E-state index contributed by atoms with van der Waals surface area (Å²) in [4.78, 5) is 0. The molecule has 0 saturated carbocycles. The monoisotopic (exact) mass is 200 g/mol. The molecule has 0 aromatic carbocycles. The fraction of sp³-hybridized carbons (Fsp3) is 0.600. The van der Waals surface area contributed by atoms with Crippen LogP contribution in [0, 0.1) is 0 Å². The van der Waals surface area contributed by atoms with Gasteiger partial charge in [0.05, 0.1) is 0 Å². The molecule has 2 nitrogen and oxygen atoms in total. The van der Waals surface area contributed by atoms with E-state index in [4.69, 9.17) is 21.1 Å². The predicted octanol–water partition coefficient (Wildman–Crippen LogP) is 2.94. The van der Waals surface area contributed by atoms with Gasteiger partial charge in [0.1, 0.15) is 0 Å². The lowest BCUT2D eigenvalue weighted by atomic mass is 10.2. The van der Waals surface area contributed by atoms with Crippen molar-refractivity contribution >= 4 is 11.6 Å². The van der Waals surface area contributed by atoms with E-state index in [-0.39, 0.29) is 12.6 Å². The molecule has 0 atom stereocenters. The van der Waals surface area contributed by atoms with Crippen LogP contribution in [0.2, 0.25) is 0 Å². The molecule has 1 aliphatic carbocycles. The molecule has 0 bridgehead atoms. The zero-order chi connectivity index (χ0) is 9.26. The Balaban J connectivity index is 1.87. The van der Waals surface area contributed by atoms with Gasteiger partial charge in [-0.05, 0) is 37.8 Å². The molecule has 13 heavy (non-hydrogen) atoms. The number of hydrogen-bond acceptors (Lipinski definition) is 2. The zero-order valence-corrected chi connectivity index (χ0v) is 8.38. The maximum Gasteiger partial charge on any atom is 0.183 e. The third-order valence-corrected chi connectivity index (χ3v) is 2.73. The quantitative estimate of drug-likeness (QED) is 0.683. The summed E-state index contributed by atoms with van der Waals surface area (Å²) in [6.07, 6.45) is 6.99. The Bertz CT molecular complexity index is 252. The van der Waals surface area contributed by atoms with Gasteiger partial charge in [-0.15, -0.1) is 0 Å². The third kappa shape index (κ3) is 2.13. The minimum absolute atomic E-state index is 0.0531. The first-order chi connectivity index (χ1) is 6.25. The number of ether oxygens (including phenoxy) is 2. The summed E-state index contributed by atoms with van der Waals surface area (Å²) in [5.74, 6) is 0. The van der Waals surface area contributed by atoms with Crippen molar-refractivity contribution in [3.8, 4) is 0 Å². The van der Waals surface area contributed by atoms with Crippen LogP contribution in [-0.2, 0) is 9.47 Å². The average Bonchev–Trinajstić information content (AvgIpc) is 2.43. The lowest BCUT2D eigenvalue weighted by molar-refractivity contribution is -0.354. The lowest BCUT2D eigenvalue weighted by Gasteiger charge is -2.31. The van der Waals surface area contributed by atoms with Gasteiger partial charge in [0, 0.05) is 5.03 Å². The Hall–Kier alpha value is -0.310. The Kier molecular flexibility index (Phi) is 2.72. The van der Waals surface area contributed by atoms with E-state index < -0.39 is 0 Å². The molecule has 2 rings (SSSR count). The molecular weight excluding hydrogens is 188 g/mol. The van der Waals surface area contributed by atoms with Crippen molar-refractivity contribution in [3.05, 3.63) is 22.8 Å². The summed E-state index contributed by atoms with van der Waals surface area (Å²) >= 11 is 6.00. The van der Waals surface area contributed by atoms with Crippen molar-refractivity contribution in [3.63, 3.8) is 0 Å². The fourth-order valence-electron chi connectivity index (χ4n) is 1.58. The van der Waals surface area contributed by atoms with Gasteiger partial charge < -0.3 is 9.47 Å². The molecule has 1 heterocycles. The maximum absolute atomic E-state index is 6.00. The van der Waals surface area contributed by atoms with Gasteiger partial charge in [-0.1, -0.05) is 17.7 Å². The van der Waals surface area contributed by atoms with Gasteiger partial charge in [-0.2, -0.15) is 0 Å². The summed E-state index contributed by atoms with van der Waals surface area (Å²) in [6, 6.07) is 0. The molecular formula is C10H13ClO2. The molecule has 0 aromatic rings. The molecule has 0 spiro atoms. The number of hydrogen-bond donors (Lipinski definition) is 0. The molecule has 0 unspecified atom stereocenters. The maximum atomic E-state index is 6.00. The molecule has 0 N–H and O–H groups in total. The lowest BCUT2D eigenvalue weighted by Crippen LogP contribution is -2.36. The SMILES string of the molecule is CC1OC(/C=C/C2=C(Cl)CCC2)O1. The van der Waals surface area contributed by atoms with E-state index >= 15 is 0 Å². The van der Waals surface area contributed by atoms with Crippen LogP contribution < -0.4 is 0 Å². The van der Waals surface area contributed by atoms with Crippen LogP contribution in [0.1, 0.15) is 26.2 Å². The van der Waals surface area contributed by atoms with E-state index in [0.29, 0.717) is 0 Å². The highest BCUT2D eigenvalue weighted by atomic mass is 35.5. The molecule has 3 heteroatoms. The van der Waals surface area contributed by atoms with Gasteiger partial charge in [0.2, 0.25) is 0 Å². The number of halogens is 1. The molecule has 1 aliphatic heterocycles. The van der Waals surface area contributed by atoms with Crippen molar-refractivity contribution in [1.82, 2.24) is 0 Å². The first kappa shape index (κ1) is 9.25. The van der Waals surface area contributed by atoms with Gasteiger partial charge in [-0.25, -0.2) is 0 Å². The topological polar surface area (TPSA) is 18.5 Å². The Morgan fingerprint density at radius 3 is 2.69 bits per heavy atom. The highest BCUT2D eigenvalue weighted by molar-refractivity contribution is 6.30. The fourth-order valence-corrected chi connectivity index (χ4v) is 1.87. The van der Waals surface area contributed by atoms with Crippen molar-refractivity contribution in [2.45, 2.75) is 38.8 Å². The zero-order valence-electron chi connectivity index (χ0n) is 7.63. The number of rotatable bonds is 2. The average molecular weight is 201 g/mol. The second-order valence-corrected chi connectivity index (χ2v) is 3.81. The van der Waals surface area contributed by atoms with Crippen molar-refractivity contribution in [2.75, 3.05) is 0 Å². The minimum Gasteiger partial charge on any atom is -0.320 e. The largest absolute Gasteiger partial charge is 0.320 e. The van der Waals surface area contributed by atoms with E-state index in [2.05, 4.69) is 0 Å². The molecule has 0 aromatic heterocycles. The summed E-state index contributed by atoms with van der Waals surface area (Å²) in [6.45, 7) is 1.88. The predicted molar refractivity (Wildman–Crippen MR) is 51.3 cm³/mol. The first-order valence-electron chi connectivity index (χ1n) is 4.62. The second kappa shape index (κ2) is 3.82. The first-order valence-corrected chi connectivity index (χ1v) is 5.00. The molecule has 1 fully saturated rings. The van der Waals surface area contributed by atoms with Gasteiger partial charge >= 0.3 is 0 Å². The van der Waals surface area contributed by atoms with Crippen LogP contribution in [0.25, 0.3) is 0 Å². The van der Waals surface area contributed by atoms with Gasteiger partial charge in [0.15, 0.2) is 12.6 Å². The van der Waals surface area contributed by atoms with Gasteiger partial charge in [0.25, 0.3) is 0 Å². The Labute approximate surface area is 83.2 Å². The number of allylic oxidation sites excluding steroid dienone is 3. The van der Waals surface area contributed by atoms with E-state index in [9.17, 15) is 0 Å². The van der Waals surface area contributed by atoms with Crippen LogP contribution in [0.4, 0.5) is 0 Å². The molecule has 0 radical (unpaired) electrons. The van der Waals surface area contributed by atoms with Crippen LogP contribution >= 0.6 is 11.6 Å². The third-order valence-electron chi connectivity index (χ3n) is 2.30. The normalized spacial score (nSPS) is 34.3. The van der Waals surface area contributed by atoms with E-state index in [1.165, 1.54) is 12.0 Å². The van der Waals surface area contributed by atoms with Crippen molar-refractivity contribution < 1.29 is 9.47 Å². The summed E-state index contributed by atoms with van der Waals surface area (Å²) in [7, 11) is 0. The van der Waals surface area contributed by atoms with Crippen LogP contribution in [0.5, 0.6) is 0 Å². The molecule has 1 saturated heterocycles. The van der Waals surface area contributed by atoms with E-state index in [0.717, 1.165) is 17.9 Å². The van der Waals surface area contributed by atoms with Crippen molar-refractivity contribution in [1.29, 1.82) is 0 Å². The summed E-state index contributed by atoms with van der Waals surface area (Å²) < 4.78 is 10.5. The van der Waals surface area contributed by atoms with Gasteiger partial charge in [-0.3, -0.25) is 0 Å². The van der Waals surface area contributed by atoms with Crippen LogP contribution in [0.15, 0.2) is 22.8 Å². The standard InChI is InChI=1S/C10H13ClO2/c1-7-12-10(13-7)6-5-8-3-2-4-9(8)11/h5-7,10H,2-4H2,1H3/b6-5+. The van der Waals surface area contributed by atoms with Crippen LogP contribution in [0.3, 0.4) is 0 Å². The van der Waals surface area contributed by atoms with Crippen LogP contribution in [-0.4, -0.2) is 12.6 Å². The smallest absolute Gasteiger partial charge is 0.183 e. The second-order valence-electron chi connectivity index (χ2n) is 3.35. The highest BCUT2D eigenvalue weighted by Crippen LogP contribution is 2.30. The van der Waals surface area contributed by atoms with E-state index in [1.54, 1.807) is 0 Å². The summed E-state index contributed by atoms with van der Waals surface area (Å²) in [5, 5.41) is 0.989.